The highest BCUT2D eigenvalue weighted by Crippen LogP contribution is 2.66. The Balaban J connectivity index is 1.95. The maximum absolute atomic E-state index is 13.2. The van der Waals surface area contributed by atoms with Gasteiger partial charge >= 0.3 is 0 Å². The van der Waals surface area contributed by atoms with Gasteiger partial charge in [0, 0.05) is 13.0 Å². The lowest BCUT2D eigenvalue weighted by Gasteiger charge is -2.29. The summed E-state index contributed by atoms with van der Waals surface area (Å²) in [5.74, 6) is -3.51. The first-order chi connectivity index (χ1) is 6.69. The third-order valence-electron chi connectivity index (χ3n) is 4.05. The van der Waals surface area contributed by atoms with E-state index < -0.39 is 17.2 Å². The Morgan fingerprint density at radius 3 is 2.20 bits per heavy atom. The smallest absolute Gasteiger partial charge is 0.259 e. The van der Waals surface area contributed by atoms with Crippen LogP contribution in [0.2, 0.25) is 0 Å². The number of nitrogens with one attached hydrogen (secondary N) is 1. The van der Waals surface area contributed by atoms with E-state index in [-0.39, 0.29) is 6.04 Å². The van der Waals surface area contributed by atoms with Crippen molar-refractivity contribution in [3.05, 3.63) is 0 Å². The van der Waals surface area contributed by atoms with Crippen molar-refractivity contribution in [2.75, 3.05) is 0 Å². The fourth-order valence-corrected chi connectivity index (χ4v) is 1.80. The number of carbonyl (C=O) groups excluding carboxylic acids is 1. The fraction of sp³-hybridized carbons (Fsp3) is 0.909. The van der Waals surface area contributed by atoms with Crippen LogP contribution in [0.25, 0.3) is 0 Å². The molecule has 2 saturated carbocycles. The molecule has 1 amide bonds. The van der Waals surface area contributed by atoms with Crippen molar-refractivity contribution in [1.29, 1.82) is 0 Å². The molecule has 0 unspecified atom stereocenters. The average molecular weight is 217 g/mol. The zero-order valence-corrected chi connectivity index (χ0v) is 9.36. The second-order valence-corrected chi connectivity index (χ2v) is 5.61. The normalized spacial score (nSPS) is 27.7. The Bertz CT molecular complexity index is 302. The highest BCUT2D eigenvalue weighted by Gasteiger charge is 2.64. The number of carbonyl (C=O) groups is 1. The van der Waals surface area contributed by atoms with Crippen LogP contribution in [0.3, 0.4) is 0 Å². The quantitative estimate of drug-likeness (QED) is 0.772. The molecule has 0 aromatic rings. The van der Waals surface area contributed by atoms with Crippen molar-refractivity contribution in [3.8, 4) is 0 Å². The van der Waals surface area contributed by atoms with Gasteiger partial charge in [-0.05, 0) is 38.5 Å². The van der Waals surface area contributed by atoms with Crippen molar-refractivity contribution < 1.29 is 13.6 Å². The van der Waals surface area contributed by atoms with Gasteiger partial charge in [-0.15, -0.1) is 0 Å². The molecule has 0 bridgehead atoms. The maximum Gasteiger partial charge on any atom is 0.259 e. The van der Waals surface area contributed by atoms with Gasteiger partial charge in [0.05, 0.1) is 0 Å². The van der Waals surface area contributed by atoms with Crippen LogP contribution in [0.4, 0.5) is 8.78 Å². The first-order valence-corrected chi connectivity index (χ1v) is 5.38. The third-order valence-corrected chi connectivity index (χ3v) is 4.05. The summed E-state index contributed by atoms with van der Waals surface area (Å²) in [7, 11) is 0. The molecule has 86 valence electrons. The molecule has 0 aliphatic heterocycles. The lowest BCUT2D eigenvalue weighted by molar-refractivity contribution is -0.151. The molecule has 1 atom stereocenters. The van der Waals surface area contributed by atoms with Gasteiger partial charge in [-0.1, -0.05) is 0 Å². The van der Waals surface area contributed by atoms with Gasteiger partial charge in [0.1, 0.15) is 5.41 Å². The van der Waals surface area contributed by atoms with Gasteiger partial charge in [0.15, 0.2) is 0 Å². The molecule has 1 spiro atoms. The Labute approximate surface area is 88.4 Å². The van der Waals surface area contributed by atoms with Gasteiger partial charge < -0.3 is 5.32 Å². The number of hydrogen-bond acceptors (Lipinski definition) is 1. The van der Waals surface area contributed by atoms with Crippen molar-refractivity contribution in [2.24, 2.45) is 10.8 Å². The highest BCUT2D eigenvalue weighted by atomic mass is 19.3. The van der Waals surface area contributed by atoms with E-state index in [1.165, 1.54) is 13.8 Å². The van der Waals surface area contributed by atoms with Crippen LogP contribution in [-0.4, -0.2) is 17.9 Å². The zero-order valence-electron chi connectivity index (χ0n) is 9.36. The Kier molecular flexibility index (Phi) is 1.96. The fourth-order valence-electron chi connectivity index (χ4n) is 1.80. The molecular formula is C11H17F2NO. The van der Waals surface area contributed by atoms with E-state index >= 15 is 0 Å². The predicted octanol–water partition coefficient (Wildman–Crippen LogP) is 2.34. The van der Waals surface area contributed by atoms with Crippen LogP contribution in [0.1, 0.15) is 40.0 Å². The number of alkyl halides is 2. The standard InChI is InChI=1S/C11H17F2NO/c1-9(2,10(3,12)13)8(15)14-7-6-11(7)4-5-11/h7H,4-6H2,1-3H3,(H,14,15)/t7-/m0/s1. The summed E-state index contributed by atoms with van der Waals surface area (Å²) < 4.78 is 26.3. The minimum atomic E-state index is -2.98. The van der Waals surface area contributed by atoms with Gasteiger partial charge in [-0.2, -0.15) is 0 Å². The Morgan fingerprint density at radius 1 is 1.33 bits per heavy atom. The first-order valence-electron chi connectivity index (χ1n) is 5.38. The van der Waals surface area contributed by atoms with Crippen LogP contribution in [0.5, 0.6) is 0 Å². The second-order valence-electron chi connectivity index (χ2n) is 5.61. The Hall–Kier alpha value is -0.670. The molecule has 1 N–H and O–H groups in total. The molecule has 0 radical (unpaired) electrons. The van der Waals surface area contributed by atoms with Crippen molar-refractivity contribution in [1.82, 2.24) is 5.32 Å². The SMILES string of the molecule is CC(F)(F)C(C)(C)C(=O)N[C@H]1CC12CC2. The van der Waals surface area contributed by atoms with Crippen molar-refractivity contribution >= 4 is 5.91 Å². The molecule has 4 heteroatoms. The van der Waals surface area contributed by atoms with Crippen LogP contribution in [-0.2, 0) is 4.79 Å². The van der Waals surface area contributed by atoms with E-state index in [0.29, 0.717) is 5.41 Å². The predicted molar refractivity (Wildman–Crippen MR) is 52.6 cm³/mol. The zero-order chi connectivity index (χ0) is 11.5. The summed E-state index contributed by atoms with van der Waals surface area (Å²) in [5, 5.41) is 2.73. The van der Waals surface area contributed by atoms with Gasteiger partial charge in [0.2, 0.25) is 5.91 Å². The lowest BCUT2D eigenvalue weighted by Crippen LogP contribution is -2.48. The van der Waals surface area contributed by atoms with Crippen molar-refractivity contribution in [2.45, 2.75) is 52.0 Å². The summed E-state index contributed by atoms with van der Waals surface area (Å²) in [6.45, 7) is 3.39. The Morgan fingerprint density at radius 2 is 1.87 bits per heavy atom. The lowest BCUT2D eigenvalue weighted by atomic mass is 9.85. The topological polar surface area (TPSA) is 29.1 Å². The molecule has 2 aliphatic carbocycles. The molecule has 0 saturated heterocycles. The molecule has 0 aromatic carbocycles. The largest absolute Gasteiger partial charge is 0.352 e. The summed E-state index contributed by atoms with van der Waals surface area (Å²) >= 11 is 0. The van der Waals surface area contributed by atoms with Crippen LogP contribution >= 0.6 is 0 Å². The minimum Gasteiger partial charge on any atom is -0.352 e. The van der Waals surface area contributed by atoms with Gasteiger partial charge in [-0.3, -0.25) is 4.79 Å². The number of halogens is 2. The summed E-state index contributed by atoms with van der Waals surface area (Å²) in [6, 6.07) is 0.159. The molecule has 2 fully saturated rings. The van der Waals surface area contributed by atoms with E-state index in [0.717, 1.165) is 26.2 Å². The van der Waals surface area contributed by atoms with E-state index in [1.54, 1.807) is 0 Å². The number of rotatable bonds is 3. The van der Waals surface area contributed by atoms with E-state index in [2.05, 4.69) is 5.32 Å². The van der Waals surface area contributed by atoms with E-state index in [9.17, 15) is 13.6 Å². The van der Waals surface area contributed by atoms with Crippen molar-refractivity contribution in [3.63, 3.8) is 0 Å². The van der Waals surface area contributed by atoms with Gasteiger partial charge in [0.25, 0.3) is 5.92 Å². The highest BCUT2D eigenvalue weighted by molar-refractivity contribution is 5.83. The molecule has 0 aromatic heterocycles. The molecule has 2 nitrogen and oxygen atoms in total. The summed E-state index contributed by atoms with van der Waals surface area (Å²) in [5.41, 5.74) is -1.31. The molecule has 15 heavy (non-hydrogen) atoms. The second kappa shape index (κ2) is 2.71. The molecule has 2 aliphatic rings. The monoisotopic (exact) mass is 217 g/mol. The first kappa shape index (κ1) is 10.8. The van der Waals surface area contributed by atoms with E-state index in [4.69, 9.17) is 0 Å². The molecule has 0 heterocycles. The third kappa shape index (κ3) is 1.64. The van der Waals surface area contributed by atoms with Crippen LogP contribution in [0, 0.1) is 10.8 Å². The average Bonchev–Trinajstić information content (AvgIpc) is 2.93. The maximum atomic E-state index is 13.2. The van der Waals surface area contributed by atoms with Gasteiger partial charge in [-0.25, -0.2) is 8.78 Å². The number of hydrogen-bond donors (Lipinski definition) is 1. The summed E-state index contributed by atoms with van der Waals surface area (Å²) in [6.07, 6.45) is 3.26. The molecule has 2 rings (SSSR count). The minimum absolute atomic E-state index is 0.159. The van der Waals surface area contributed by atoms with E-state index in [1.807, 2.05) is 0 Å². The molecular weight excluding hydrogens is 200 g/mol. The van der Waals surface area contributed by atoms with Crippen LogP contribution in [0.15, 0.2) is 0 Å². The summed E-state index contributed by atoms with van der Waals surface area (Å²) in [4.78, 5) is 11.7. The van der Waals surface area contributed by atoms with Crippen LogP contribution < -0.4 is 5.32 Å². The number of amides is 1.